The number of anilines is 1. The fourth-order valence-electron chi connectivity index (χ4n) is 4.97. The molecule has 2 aromatic carbocycles. The maximum Gasteiger partial charge on any atom is 0.317 e. The van der Waals surface area contributed by atoms with Crippen molar-refractivity contribution in [1.82, 2.24) is 15.1 Å². The molecule has 7 heteroatoms. The highest BCUT2D eigenvalue weighted by molar-refractivity contribution is 5.75. The molecule has 0 unspecified atom stereocenters. The smallest absolute Gasteiger partial charge is 0.317 e. The molecular weight excluding hydrogens is 422 g/mol. The lowest BCUT2D eigenvalue weighted by atomic mass is 9.93. The Bertz CT molecular complexity index is 918. The predicted octanol–water partition coefficient (Wildman–Crippen LogP) is 4.49. The van der Waals surface area contributed by atoms with Crippen molar-refractivity contribution in [3.05, 3.63) is 65.7 Å². The van der Waals surface area contributed by atoms with Crippen LogP contribution in [0.3, 0.4) is 0 Å². The van der Waals surface area contributed by atoms with Crippen molar-refractivity contribution in [2.75, 3.05) is 44.2 Å². The normalized spacial score (nSPS) is 20.2. The molecule has 0 radical (unpaired) electrons. The molecule has 5 nitrogen and oxygen atoms in total. The number of hydrogen-bond donors (Lipinski definition) is 1. The fourth-order valence-corrected chi connectivity index (χ4v) is 4.97. The minimum absolute atomic E-state index is 0.0663. The van der Waals surface area contributed by atoms with Crippen LogP contribution >= 0.6 is 0 Å². The van der Waals surface area contributed by atoms with Crippen LogP contribution in [0.4, 0.5) is 19.3 Å². The van der Waals surface area contributed by atoms with Crippen LogP contribution in [0.25, 0.3) is 0 Å². The summed E-state index contributed by atoms with van der Waals surface area (Å²) in [5.41, 5.74) is 1.62. The number of likely N-dealkylation sites (tertiary alicyclic amines) is 1. The zero-order valence-corrected chi connectivity index (χ0v) is 19.4. The minimum atomic E-state index is -0.841. The molecule has 2 amide bonds. The van der Waals surface area contributed by atoms with Crippen LogP contribution in [0.15, 0.2) is 48.5 Å². The van der Waals surface area contributed by atoms with Crippen LogP contribution in [0.2, 0.25) is 0 Å². The van der Waals surface area contributed by atoms with E-state index in [-0.39, 0.29) is 17.8 Å². The minimum Gasteiger partial charge on any atom is -0.365 e. The first kappa shape index (κ1) is 23.5. The van der Waals surface area contributed by atoms with Gasteiger partial charge in [0.2, 0.25) is 0 Å². The number of hydrogen-bond acceptors (Lipinski definition) is 3. The van der Waals surface area contributed by atoms with Crippen molar-refractivity contribution < 1.29 is 13.6 Å². The molecule has 0 spiro atoms. The first-order valence-electron chi connectivity index (χ1n) is 12.0. The van der Waals surface area contributed by atoms with Crippen molar-refractivity contribution in [3.8, 4) is 0 Å². The van der Waals surface area contributed by atoms with Crippen LogP contribution in [0.1, 0.15) is 31.7 Å². The Labute approximate surface area is 195 Å². The summed E-state index contributed by atoms with van der Waals surface area (Å²) in [6, 6.07) is 14.7. The largest absolute Gasteiger partial charge is 0.365 e. The summed E-state index contributed by atoms with van der Waals surface area (Å²) in [6.45, 7) is 7.28. The average Bonchev–Trinajstić information content (AvgIpc) is 2.82. The first-order valence-corrected chi connectivity index (χ1v) is 12.0. The van der Waals surface area contributed by atoms with Gasteiger partial charge in [-0.1, -0.05) is 36.4 Å². The molecule has 4 rings (SSSR count). The van der Waals surface area contributed by atoms with Gasteiger partial charge < -0.3 is 15.1 Å². The number of amides is 2. The van der Waals surface area contributed by atoms with E-state index >= 15 is 0 Å². The highest BCUT2D eigenvalue weighted by atomic mass is 19.2. The van der Waals surface area contributed by atoms with E-state index in [9.17, 15) is 13.6 Å². The van der Waals surface area contributed by atoms with E-state index in [0.717, 1.165) is 45.0 Å². The summed E-state index contributed by atoms with van der Waals surface area (Å²) < 4.78 is 27.7. The van der Waals surface area contributed by atoms with E-state index in [0.29, 0.717) is 32.1 Å². The Morgan fingerprint density at radius 2 is 1.76 bits per heavy atom. The number of piperidine rings is 1. The predicted molar refractivity (Wildman–Crippen MR) is 127 cm³/mol. The number of carbonyl (C=O) groups excluding carboxylic acids is 1. The third-order valence-corrected chi connectivity index (χ3v) is 6.95. The molecule has 33 heavy (non-hydrogen) atoms. The summed E-state index contributed by atoms with van der Waals surface area (Å²) in [5, 5.41) is 3.08. The van der Waals surface area contributed by atoms with Gasteiger partial charge in [-0.05, 0) is 62.9 Å². The molecule has 2 aliphatic rings. The van der Waals surface area contributed by atoms with Gasteiger partial charge in [0.1, 0.15) is 0 Å². The Morgan fingerprint density at radius 3 is 2.48 bits per heavy atom. The SMILES string of the molecule is C[C@@H]1CN(c2cccc(F)c2F)CCN1C(=O)NCCC1CCN(Cc2ccccc2)CC1. The molecule has 0 bridgehead atoms. The van der Waals surface area contributed by atoms with Crippen LogP contribution in [0, 0.1) is 17.6 Å². The van der Waals surface area contributed by atoms with E-state index in [1.54, 1.807) is 11.0 Å². The lowest BCUT2D eigenvalue weighted by Gasteiger charge is -2.41. The van der Waals surface area contributed by atoms with Gasteiger partial charge >= 0.3 is 6.03 Å². The molecule has 2 heterocycles. The van der Waals surface area contributed by atoms with E-state index in [2.05, 4.69) is 40.5 Å². The number of halogens is 2. The van der Waals surface area contributed by atoms with Gasteiger partial charge in [-0.3, -0.25) is 4.90 Å². The zero-order chi connectivity index (χ0) is 23.2. The molecule has 0 saturated carbocycles. The maximum absolute atomic E-state index is 14.1. The van der Waals surface area contributed by atoms with E-state index < -0.39 is 11.6 Å². The van der Waals surface area contributed by atoms with E-state index in [4.69, 9.17) is 0 Å². The Balaban J connectivity index is 1.17. The van der Waals surface area contributed by atoms with Gasteiger partial charge in [-0.25, -0.2) is 13.6 Å². The highest BCUT2D eigenvalue weighted by Gasteiger charge is 2.29. The molecule has 1 atom stereocenters. The molecule has 2 fully saturated rings. The number of nitrogens with zero attached hydrogens (tertiary/aromatic N) is 3. The lowest BCUT2D eigenvalue weighted by Crippen LogP contribution is -2.57. The van der Waals surface area contributed by atoms with Crippen LogP contribution < -0.4 is 10.2 Å². The van der Waals surface area contributed by atoms with Gasteiger partial charge in [0.15, 0.2) is 11.6 Å². The van der Waals surface area contributed by atoms with Crippen LogP contribution in [-0.2, 0) is 6.54 Å². The summed E-state index contributed by atoms with van der Waals surface area (Å²) in [5.74, 6) is -1.02. The second kappa shape index (κ2) is 11.0. The van der Waals surface area contributed by atoms with E-state index in [1.165, 1.54) is 11.6 Å². The molecule has 1 N–H and O–H groups in total. The molecule has 0 aromatic heterocycles. The number of carbonyl (C=O) groups is 1. The third kappa shape index (κ3) is 6.02. The Morgan fingerprint density at radius 1 is 1.00 bits per heavy atom. The number of rotatable bonds is 6. The first-order chi connectivity index (χ1) is 16.0. The highest BCUT2D eigenvalue weighted by Crippen LogP contribution is 2.25. The van der Waals surface area contributed by atoms with Gasteiger partial charge in [-0.2, -0.15) is 0 Å². The quantitative estimate of drug-likeness (QED) is 0.696. The van der Waals surface area contributed by atoms with Crippen molar-refractivity contribution in [3.63, 3.8) is 0 Å². The summed E-state index contributed by atoms with van der Waals surface area (Å²) in [7, 11) is 0. The summed E-state index contributed by atoms with van der Waals surface area (Å²) in [4.78, 5) is 18.8. The monoisotopic (exact) mass is 456 g/mol. The van der Waals surface area contributed by atoms with Crippen molar-refractivity contribution in [1.29, 1.82) is 0 Å². The van der Waals surface area contributed by atoms with Gasteiger partial charge in [0.05, 0.1) is 5.69 Å². The van der Waals surface area contributed by atoms with Crippen molar-refractivity contribution in [2.24, 2.45) is 5.92 Å². The fraction of sp³-hybridized carbons (Fsp3) is 0.500. The lowest BCUT2D eigenvalue weighted by molar-refractivity contribution is 0.162. The van der Waals surface area contributed by atoms with Gasteiger partial charge in [0, 0.05) is 38.8 Å². The zero-order valence-electron chi connectivity index (χ0n) is 19.4. The van der Waals surface area contributed by atoms with Crippen LogP contribution in [-0.4, -0.2) is 61.1 Å². The Hall–Kier alpha value is -2.67. The second-order valence-electron chi connectivity index (χ2n) is 9.29. The van der Waals surface area contributed by atoms with Crippen molar-refractivity contribution >= 4 is 11.7 Å². The topological polar surface area (TPSA) is 38.8 Å². The number of piperazine rings is 1. The van der Waals surface area contributed by atoms with Crippen LogP contribution in [0.5, 0.6) is 0 Å². The maximum atomic E-state index is 14.1. The number of benzene rings is 2. The molecule has 2 saturated heterocycles. The van der Waals surface area contributed by atoms with Gasteiger partial charge in [0.25, 0.3) is 0 Å². The standard InChI is InChI=1S/C26H34F2N4O/c1-20-18-31(24-9-5-8-23(27)25(24)28)16-17-32(20)26(33)29-13-10-21-11-14-30(15-12-21)19-22-6-3-2-4-7-22/h2-9,20-21H,10-19H2,1H3,(H,29,33)/t20-/m1/s1. The molecule has 178 valence electrons. The summed E-state index contributed by atoms with van der Waals surface area (Å²) in [6.07, 6.45) is 3.32. The summed E-state index contributed by atoms with van der Waals surface area (Å²) >= 11 is 0. The third-order valence-electron chi connectivity index (χ3n) is 6.95. The Kier molecular flexibility index (Phi) is 7.81. The second-order valence-corrected chi connectivity index (χ2v) is 9.29. The number of nitrogens with one attached hydrogen (secondary N) is 1. The molecule has 2 aliphatic heterocycles. The van der Waals surface area contributed by atoms with Gasteiger partial charge in [-0.15, -0.1) is 0 Å². The number of urea groups is 1. The van der Waals surface area contributed by atoms with E-state index in [1.807, 2.05) is 11.8 Å². The average molecular weight is 457 g/mol. The molecule has 2 aromatic rings. The van der Waals surface area contributed by atoms with Crippen molar-refractivity contribution in [2.45, 2.75) is 38.8 Å². The molecule has 0 aliphatic carbocycles. The molecular formula is C26H34F2N4O.